The molecule has 2 aliphatic rings. The largest absolute Gasteiger partial charge is 0.457 e. The van der Waals surface area contributed by atoms with Gasteiger partial charge in [0.05, 0.1) is 17.5 Å². The number of benzene rings is 2. The first-order chi connectivity index (χ1) is 19.0. The molecular weight excluding hydrogens is 533 g/mol. The van der Waals surface area contributed by atoms with E-state index in [4.69, 9.17) is 15.9 Å². The molecule has 5 rings (SSSR count). The number of nitrogens with two attached hydrogens (primary N) is 1. The lowest BCUT2D eigenvalue weighted by Gasteiger charge is -2.28. The Morgan fingerprint density at radius 1 is 1.10 bits per heavy atom. The van der Waals surface area contributed by atoms with Gasteiger partial charge in [-0.15, -0.1) is 11.3 Å². The van der Waals surface area contributed by atoms with E-state index in [1.807, 2.05) is 13.0 Å². The van der Waals surface area contributed by atoms with E-state index in [2.05, 4.69) is 17.6 Å². The number of piperidine rings is 1. The summed E-state index contributed by atoms with van der Waals surface area (Å²) in [6.07, 6.45) is 1.39. The van der Waals surface area contributed by atoms with Gasteiger partial charge in [0.2, 0.25) is 11.8 Å². The van der Waals surface area contributed by atoms with Crippen molar-refractivity contribution in [3.05, 3.63) is 81.8 Å². The van der Waals surface area contributed by atoms with Crippen molar-refractivity contribution in [1.82, 2.24) is 15.5 Å². The lowest BCUT2D eigenvalue weighted by atomic mass is 10.0. The molecule has 3 amide bonds. The molecule has 1 saturated heterocycles. The Labute approximate surface area is 235 Å². The molecule has 0 spiro atoms. The summed E-state index contributed by atoms with van der Waals surface area (Å²) in [5.41, 5.74) is 5.80. The van der Waals surface area contributed by atoms with Crippen LogP contribution in [0, 0.1) is 16.6 Å². The molecule has 40 heavy (non-hydrogen) atoms. The molecule has 0 bridgehead atoms. The summed E-state index contributed by atoms with van der Waals surface area (Å²) in [5.74, 6) is -0.412. The first-order valence-electron chi connectivity index (χ1n) is 12.9. The van der Waals surface area contributed by atoms with Gasteiger partial charge in [-0.2, -0.15) is 0 Å². The number of halogens is 1. The normalized spacial score (nSPS) is 21.7. The van der Waals surface area contributed by atoms with Gasteiger partial charge < -0.3 is 26.0 Å². The zero-order chi connectivity index (χ0) is 28.6. The molecule has 1 unspecified atom stereocenters. The third-order valence-electron chi connectivity index (χ3n) is 7.47. The second-order valence-electron chi connectivity index (χ2n) is 10.5. The second kappa shape index (κ2) is 10.7. The van der Waals surface area contributed by atoms with E-state index in [-0.39, 0.29) is 47.5 Å². The van der Waals surface area contributed by atoms with Crippen LogP contribution in [0.4, 0.5) is 4.39 Å². The Hall–Kier alpha value is -4.25. The molecule has 3 aromatic rings. The highest BCUT2D eigenvalue weighted by atomic mass is 32.1. The van der Waals surface area contributed by atoms with Gasteiger partial charge >= 0.3 is 0 Å². The summed E-state index contributed by atoms with van der Waals surface area (Å²) in [6, 6.07) is 14.6. The van der Waals surface area contributed by atoms with E-state index in [1.54, 1.807) is 35.2 Å². The van der Waals surface area contributed by atoms with Crippen LogP contribution in [-0.2, 0) is 9.59 Å². The van der Waals surface area contributed by atoms with Gasteiger partial charge in [-0.3, -0.25) is 19.8 Å². The van der Waals surface area contributed by atoms with Gasteiger partial charge in [-0.25, -0.2) is 4.39 Å². The van der Waals surface area contributed by atoms with E-state index in [0.717, 1.165) is 11.3 Å². The molecule has 9 nitrogen and oxygen atoms in total. The number of ether oxygens (including phenoxy) is 1. The van der Waals surface area contributed by atoms with Crippen LogP contribution in [0.2, 0.25) is 0 Å². The quantitative estimate of drug-likeness (QED) is 0.231. The van der Waals surface area contributed by atoms with Gasteiger partial charge in [0.25, 0.3) is 5.91 Å². The highest BCUT2D eigenvalue weighted by Crippen LogP contribution is 2.59. The number of thiophene rings is 1. The van der Waals surface area contributed by atoms with Gasteiger partial charge in [0.1, 0.15) is 29.2 Å². The van der Waals surface area contributed by atoms with Crippen molar-refractivity contribution in [2.45, 2.75) is 44.8 Å². The number of likely N-dealkylation sites (tertiary alicyclic amines) is 1. The van der Waals surface area contributed by atoms with Crippen LogP contribution in [-0.4, -0.2) is 47.1 Å². The minimum absolute atomic E-state index is 0.0216. The lowest BCUT2D eigenvalue weighted by Crippen LogP contribution is -2.51. The summed E-state index contributed by atoms with van der Waals surface area (Å²) in [6.45, 7) is 3.69. The second-order valence-corrected chi connectivity index (χ2v) is 11.6. The average molecular weight is 564 g/mol. The molecule has 208 valence electrons. The summed E-state index contributed by atoms with van der Waals surface area (Å²) >= 11 is 1.35. The number of nitrogens with one attached hydrogen (secondary N) is 3. The number of carbonyl (C=O) groups excluding carboxylic acids is 3. The van der Waals surface area contributed by atoms with Gasteiger partial charge in [-0.1, -0.05) is 6.92 Å². The highest BCUT2D eigenvalue weighted by molar-refractivity contribution is 7.14. The number of nitrogen functional groups attached to an aromatic ring is 1. The average Bonchev–Trinajstić information content (AvgIpc) is 3.26. The van der Waals surface area contributed by atoms with Crippen LogP contribution in [0.5, 0.6) is 11.5 Å². The fourth-order valence-electron chi connectivity index (χ4n) is 5.13. The maximum atomic E-state index is 13.2. The number of fused-ring (bicyclic) bond motifs is 1. The van der Waals surface area contributed by atoms with Crippen molar-refractivity contribution in [1.29, 1.82) is 5.41 Å². The number of hydrogen-bond acceptors (Lipinski definition) is 6. The lowest BCUT2D eigenvalue weighted by molar-refractivity contribution is -0.139. The van der Waals surface area contributed by atoms with Crippen molar-refractivity contribution >= 4 is 34.9 Å². The third-order valence-corrected chi connectivity index (χ3v) is 8.77. The first-order valence-corrected chi connectivity index (χ1v) is 13.7. The topological polar surface area (TPSA) is 138 Å². The molecule has 1 aliphatic heterocycles. The maximum Gasteiger partial charge on any atom is 0.251 e. The SMILES string of the molecule is CC(NC(=O)[C@@H]1C[C@]2(C)C[C@@H]2N1C(=O)CNC(=O)c1ccc(Oc2ccc(F)cc2)cc1)c1ccc(C(=N)N)s1. The number of carbonyl (C=O) groups is 3. The van der Waals surface area contributed by atoms with Gasteiger partial charge in [-0.05, 0) is 85.8 Å². The Morgan fingerprint density at radius 3 is 2.38 bits per heavy atom. The number of amides is 3. The van der Waals surface area contributed by atoms with Gasteiger partial charge in [0.15, 0.2) is 0 Å². The van der Waals surface area contributed by atoms with Crippen LogP contribution < -0.4 is 21.1 Å². The van der Waals surface area contributed by atoms with Gasteiger partial charge in [0, 0.05) is 16.5 Å². The molecule has 1 aromatic heterocycles. The molecule has 2 heterocycles. The van der Waals surface area contributed by atoms with Crippen molar-refractivity contribution in [3.63, 3.8) is 0 Å². The van der Waals surface area contributed by atoms with Crippen LogP contribution in [0.3, 0.4) is 0 Å². The maximum absolute atomic E-state index is 13.2. The highest BCUT2D eigenvalue weighted by Gasteiger charge is 2.64. The predicted molar refractivity (Wildman–Crippen MR) is 149 cm³/mol. The zero-order valence-electron chi connectivity index (χ0n) is 22.1. The van der Waals surface area contributed by atoms with Crippen molar-refractivity contribution < 1.29 is 23.5 Å². The summed E-state index contributed by atoms with van der Waals surface area (Å²) in [4.78, 5) is 42.3. The molecule has 4 atom stereocenters. The molecule has 5 N–H and O–H groups in total. The zero-order valence-corrected chi connectivity index (χ0v) is 22.9. The minimum atomic E-state index is -0.620. The number of amidine groups is 1. The number of nitrogens with zero attached hydrogens (tertiary/aromatic N) is 1. The number of hydrogen-bond donors (Lipinski definition) is 4. The van der Waals surface area contributed by atoms with Crippen molar-refractivity contribution in [3.8, 4) is 11.5 Å². The predicted octanol–water partition coefficient (Wildman–Crippen LogP) is 3.95. The fraction of sp³-hybridized carbons (Fsp3) is 0.310. The Bertz CT molecular complexity index is 1460. The number of rotatable bonds is 9. The van der Waals surface area contributed by atoms with Crippen LogP contribution >= 0.6 is 11.3 Å². The smallest absolute Gasteiger partial charge is 0.251 e. The monoisotopic (exact) mass is 563 g/mol. The molecule has 1 saturated carbocycles. The molecular formula is C29H30FN5O4S. The Kier molecular flexibility index (Phi) is 7.33. The van der Waals surface area contributed by atoms with E-state index >= 15 is 0 Å². The van der Waals surface area contributed by atoms with E-state index < -0.39 is 11.9 Å². The summed E-state index contributed by atoms with van der Waals surface area (Å²) in [5, 5.41) is 13.2. The van der Waals surface area contributed by atoms with Crippen LogP contribution in [0.1, 0.15) is 52.8 Å². The van der Waals surface area contributed by atoms with E-state index in [9.17, 15) is 18.8 Å². The third kappa shape index (κ3) is 5.69. The van der Waals surface area contributed by atoms with Crippen molar-refractivity contribution in [2.24, 2.45) is 11.1 Å². The summed E-state index contributed by atoms with van der Waals surface area (Å²) < 4.78 is 18.7. The molecule has 2 fully saturated rings. The minimum Gasteiger partial charge on any atom is -0.457 e. The Morgan fingerprint density at radius 2 is 1.75 bits per heavy atom. The van der Waals surface area contributed by atoms with Crippen LogP contribution in [0.25, 0.3) is 0 Å². The molecule has 11 heteroatoms. The Balaban J connectivity index is 1.17. The van der Waals surface area contributed by atoms with E-state index in [1.165, 1.54) is 35.6 Å². The van der Waals surface area contributed by atoms with Crippen LogP contribution in [0.15, 0.2) is 60.7 Å². The van der Waals surface area contributed by atoms with Crippen molar-refractivity contribution in [2.75, 3.05) is 6.54 Å². The summed E-state index contributed by atoms with van der Waals surface area (Å²) in [7, 11) is 0. The molecule has 0 radical (unpaired) electrons. The first kappa shape index (κ1) is 27.3. The molecule has 2 aromatic carbocycles. The van der Waals surface area contributed by atoms with E-state index in [0.29, 0.717) is 28.4 Å². The molecule has 1 aliphatic carbocycles. The fourth-order valence-corrected chi connectivity index (χ4v) is 6.01. The standard InChI is InChI=1S/C29H30FN5O4S/c1-16(22-11-12-23(40-22)26(31)32)34-28(38)21-13-29(2)14-24(29)35(21)25(36)15-33-27(37)17-3-7-19(8-4-17)39-20-9-5-18(30)6-10-20/h3-12,16,21,24H,13-15H2,1-2H3,(H3,31,32)(H,33,37)(H,34,38)/t16?,21-,24-,29+/m0/s1.